The number of aryl methyl sites for hydroxylation is 1. The van der Waals surface area contributed by atoms with Gasteiger partial charge >= 0.3 is 12.4 Å². The van der Waals surface area contributed by atoms with E-state index in [1.54, 1.807) is 0 Å². The molecule has 41 heavy (non-hydrogen) atoms. The van der Waals surface area contributed by atoms with Crippen LogP contribution in [0, 0.1) is 5.92 Å². The summed E-state index contributed by atoms with van der Waals surface area (Å²) in [7, 11) is -5.06. The summed E-state index contributed by atoms with van der Waals surface area (Å²) in [5, 5.41) is 2.65. The summed E-state index contributed by atoms with van der Waals surface area (Å²) >= 11 is 0. The molecule has 0 spiro atoms. The van der Waals surface area contributed by atoms with Crippen LogP contribution in [0.25, 0.3) is 0 Å². The van der Waals surface area contributed by atoms with Crippen LogP contribution >= 0.6 is 0 Å². The summed E-state index contributed by atoms with van der Waals surface area (Å²) < 4.78 is 108. The van der Waals surface area contributed by atoms with Crippen LogP contribution in [0.2, 0.25) is 0 Å². The topological polar surface area (TPSA) is 78.5 Å². The normalized spacial score (nSPS) is 20.2. The zero-order chi connectivity index (χ0) is 30.0. The molecule has 0 unspecified atom stereocenters. The molecule has 3 atom stereocenters. The average Bonchev–Trinajstić information content (AvgIpc) is 2.91. The molecule has 2 aromatic rings. The number of likely N-dealkylation sites (tertiary alicyclic amines) is 1. The minimum Gasteiger partial charge on any atom is -0.349 e. The SMILES string of the molecule is C[C@H](C(=O)N[C@@H]1CCCc2cc(CN3CCCCC3)ccc21)[C@@H](NS(=O)(=O)c1cccc(C(F)(F)F)c1)C(F)(F)F. The van der Waals surface area contributed by atoms with Crippen molar-refractivity contribution in [1.29, 1.82) is 0 Å². The van der Waals surface area contributed by atoms with Crippen molar-refractivity contribution >= 4 is 15.9 Å². The zero-order valence-corrected chi connectivity index (χ0v) is 23.3. The molecule has 1 amide bonds. The fraction of sp³-hybridized carbons (Fsp3) is 0.536. The lowest BCUT2D eigenvalue weighted by molar-refractivity contribution is -0.167. The van der Waals surface area contributed by atoms with Crippen LogP contribution in [-0.2, 0) is 34.0 Å². The van der Waals surface area contributed by atoms with E-state index in [0.717, 1.165) is 74.6 Å². The Labute approximate surface area is 235 Å². The second kappa shape index (κ2) is 12.3. The lowest BCUT2D eigenvalue weighted by atomic mass is 9.86. The number of amides is 1. The van der Waals surface area contributed by atoms with Gasteiger partial charge in [-0.1, -0.05) is 37.6 Å². The van der Waals surface area contributed by atoms with Crippen LogP contribution in [0.15, 0.2) is 47.4 Å². The Kier molecular flexibility index (Phi) is 9.39. The number of halogens is 6. The number of hydrogen-bond donors (Lipinski definition) is 2. The molecule has 2 aromatic carbocycles. The molecular formula is C28H33F6N3O3S. The molecule has 4 rings (SSSR count). The smallest absolute Gasteiger partial charge is 0.349 e. The number of nitrogens with zero attached hydrogens (tertiary/aromatic N) is 1. The molecule has 226 valence electrons. The van der Waals surface area contributed by atoms with Gasteiger partial charge in [0.25, 0.3) is 0 Å². The Morgan fingerprint density at radius 2 is 1.71 bits per heavy atom. The Morgan fingerprint density at radius 1 is 1.00 bits per heavy atom. The fourth-order valence-corrected chi connectivity index (χ4v) is 6.82. The van der Waals surface area contributed by atoms with Gasteiger partial charge in [-0.25, -0.2) is 8.42 Å². The number of piperidine rings is 1. The van der Waals surface area contributed by atoms with E-state index in [1.165, 1.54) is 11.1 Å². The summed E-state index contributed by atoms with van der Waals surface area (Å²) in [5.74, 6) is -2.92. The summed E-state index contributed by atoms with van der Waals surface area (Å²) in [6.07, 6.45) is -4.56. The Bertz CT molecular complexity index is 1340. The highest BCUT2D eigenvalue weighted by Crippen LogP contribution is 2.34. The molecule has 2 aliphatic rings. The van der Waals surface area contributed by atoms with Crippen molar-refractivity contribution in [1.82, 2.24) is 14.9 Å². The molecule has 1 saturated heterocycles. The van der Waals surface area contributed by atoms with Gasteiger partial charge in [0.2, 0.25) is 15.9 Å². The summed E-state index contributed by atoms with van der Waals surface area (Å²) in [6.45, 7) is 3.81. The number of hydrogen-bond acceptors (Lipinski definition) is 4. The predicted octanol–water partition coefficient (Wildman–Crippen LogP) is 5.73. The van der Waals surface area contributed by atoms with Crippen molar-refractivity contribution in [3.8, 4) is 0 Å². The Balaban J connectivity index is 1.49. The van der Waals surface area contributed by atoms with Gasteiger partial charge in [0.15, 0.2) is 0 Å². The van der Waals surface area contributed by atoms with Crippen LogP contribution in [0.3, 0.4) is 0 Å². The first-order chi connectivity index (χ1) is 19.1. The van der Waals surface area contributed by atoms with E-state index in [1.807, 2.05) is 12.1 Å². The molecule has 1 heterocycles. The minimum absolute atomic E-state index is 0.249. The van der Waals surface area contributed by atoms with Gasteiger partial charge in [-0.05, 0) is 80.1 Å². The molecular weight excluding hydrogens is 572 g/mol. The average molecular weight is 606 g/mol. The van der Waals surface area contributed by atoms with Gasteiger partial charge < -0.3 is 5.32 Å². The first-order valence-electron chi connectivity index (χ1n) is 13.6. The van der Waals surface area contributed by atoms with Crippen LogP contribution < -0.4 is 10.0 Å². The van der Waals surface area contributed by atoms with Gasteiger partial charge in [-0.2, -0.15) is 31.1 Å². The highest BCUT2D eigenvalue weighted by atomic mass is 32.2. The van der Waals surface area contributed by atoms with E-state index >= 15 is 0 Å². The van der Waals surface area contributed by atoms with Gasteiger partial charge in [0, 0.05) is 6.54 Å². The van der Waals surface area contributed by atoms with Crippen molar-refractivity contribution in [2.24, 2.45) is 5.92 Å². The molecule has 6 nitrogen and oxygen atoms in total. The number of carbonyl (C=O) groups excluding carboxylic acids is 1. The molecule has 1 fully saturated rings. The lowest BCUT2D eigenvalue weighted by Crippen LogP contribution is -2.53. The van der Waals surface area contributed by atoms with Crippen molar-refractivity contribution in [3.05, 3.63) is 64.7 Å². The minimum atomic E-state index is -5.20. The molecule has 0 aromatic heterocycles. The number of alkyl halides is 6. The largest absolute Gasteiger partial charge is 0.416 e. The summed E-state index contributed by atoms with van der Waals surface area (Å²) in [4.78, 5) is 14.4. The molecule has 2 N–H and O–H groups in total. The number of sulfonamides is 1. The monoisotopic (exact) mass is 605 g/mol. The number of carbonyl (C=O) groups is 1. The maximum Gasteiger partial charge on any atom is 0.416 e. The second-order valence-corrected chi connectivity index (χ2v) is 12.5. The molecule has 0 radical (unpaired) electrons. The predicted molar refractivity (Wildman–Crippen MR) is 140 cm³/mol. The fourth-order valence-electron chi connectivity index (χ4n) is 5.47. The number of nitrogens with one attached hydrogen (secondary N) is 2. The van der Waals surface area contributed by atoms with E-state index < -0.39 is 56.7 Å². The van der Waals surface area contributed by atoms with Crippen LogP contribution in [0.1, 0.15) is 67.3 Å². The van der Waals surface area contributed by atoms with Crippen molar-refractivity contribution < 1.29 is 39.6 Å². The summed E-state index contributed by atoms with van der Waals surface area (Å²) in [6, 6.07) is 4.91. The standard InChI is InChI=1S/C28H33F6N3O3S/c1-18(25(28(32,33)34)36-41(39,40)22-9-6-8-21(16-22)27(29,30)31)26(38)35-24-10-5-7-20-15-19(11-12-23(20)24)17-37-13-3-2-4-14-37/h6,8-9,11-12,15-16,18,24-25,36H,2-5,7,10,13-14,17H2,1H3,(H,35,38)/t18-,24+,25+/m0/s1. The lowest BCUT2D eigenvalue weighted by Gasteiger charge is -2.31. The second-order valence-electron chi connectivity index (χ2n) is 10.8. The van der Waals surface area contributed by atoms with Crippen molar-refractivity contribution in [2.75, 3.05) is 13.1 Å². The van der Waals surface area contributed by atoms with E-state index in [4.69, 9.17) is 0 Å². The van der Waals surface area contributed by atoms with Gasteiger partial charge in [0.05, 0.1) is 22.4 Å². The highest BCUT2D eigenvalue weighted by Gasteiger charge is 2.48. The van der Waals surface area contributed by atoms with Gasteiger partial charge in [-0.3, -0.25) is 9.69 Å². The van der Waals surface area contributed by atoms with Crippen molar-refractivity contribution in [3.63, 3.8) is 0 Å². The maximum atomic E-state index is 14.0. The molecule has 0 saturated carbocycles. The number of rotatable bonds is 8. The van der Waals surface area contributed by atoms with E-state index in [2.05, 4.69) is 16.3 Å². The zero-order valence-electron chi connectivity index (χ0n) is 22.5. The van der Waals surface area contributed by atoms with Gasteiger partial charge in [-0.15, -0.1) is 0 Å². The van der Waals surface area contributed by atoms with Crippen molar-refractivity contribution in [2.45, 2.75) is 81.3 Å². The molecule has 1 aliphatic carbocycles. The molecule has 1 aliphatic heterocycles. The van der Waals surface area contributed by atoms with Crippen LogP contribution in [0.5, 0.6) is 0 Å². The van der Waals surface area contributed by atoms with Crippen LogP contribution in [0.4, 0.5) is 26.3 Å². The number of benzene rings is 2. The molecule has 0 bridgehead atoms. The van der Waals surface area contributed by atoms with Crippen LogP contribution in [-0.4, -0.2) is 44.5 Å². The molecule has 13 heteroatoms. The Morgan fingerprint density at radius 3 is 2.37 bits per heavy atom. The first-order valence-corrected chi connectivity index (χ1v) is 15.0. The quantitative estimate of drug-likeness (QED) is 0.377. The van der Waals surface area contributed by atoms with E-state index in [0.29, 0.717) is 18.9 Å². The summed E-state index contributed by atoms with van der Waals surface area (Å²) in [5.41, 5.74) is 1.63. The highest BCUT2D eigenvalue weighted by molar-refractivity contribution is 7.89. The maximum absolute atomic E-state index is 14.0. The Hall–Kier alpha value is -2.64. The van der Waals surface area contributed by atoms with E-state index in [-0.39, 0.29) is 6.07 Å². The third kappa shape index (κ3) is 7.81. The number of fused-ring (bicyclic) bond motifs is 1. The van der Waals surface area contributed by atoms with Gasteiger partial charge in [0.1, 0.15) is 6.04 Å². The third-order valence-electron chi connectivity index (χ3n) is 7.71. The third-order valence-corrected chi connectivity index (χ3v) is 9.15. The van der Waals surface area contributed by atoms with E-state index in [9.17, 15) is 39.6 Å². The first kappa shape index (κ1) is 31.3.